The van der Waals surface area contributed by atoms with E-state index in [0.29, 0.717) is 13.2 Å². The highest BCUT2D eigenvalue weighted by molar-refractivity contribution is 7.54. The van der Waals surface area contributed by atoms with Gasteiger partial charge in [-0.2, -0.15) is 0 Å². The van der Waals surface area contributed by atoms with Gasteiger partial charge in [-0.15, -0.1) is 0 Å². The van der Waals surface area contributed by atoms with E-state index in [-0.39, 0.29) is 0 Å². The summed E-state index contributed by atoms with van der Waals surface area (Å²) in [6.07, 6.45) is 14.4. The third-order valence-corrected chi connectivity index (χ3v) is 6.29. The molecule has 0 spiro atoms. The van der Waals surface area contributed by atoms with Gasteiger partial charge in [-0.05, 0) is 24.7 Å². The van der Waals surface area contributed by atoms with Crippen molar-refractivity contribution in [3.8, 4) is 0 Å². The van der Waals surface area contributed by atoms with E-state index in [1.54, 1.807) is 0 Å². The molecule has 0 saturated carbocycles. The zero-order valence-corrected chi connectivity index (χ0v) is 19.9. The Labute approximate surface area is 170 Å². The van der Waals surface area contributed by atoms with Crippen molar-refractivity contribution < 1.29 is 23.1 Å². The standard InChI is InChI=1S/C20H44O5P2/c1-19(2)15-11-7-5-9-13-17-23-27(25-26(21)22)24-18-14-10-6-8-12-16-20(3)4/h19-22H,5-18H2,1-4H3. The molecule has 27 heavy (non-hydrogen) atoms. The largest absolute Gasteiger partial charge is 0.339 e. The highest BCUT2D eigenvalue weighted by atomic mass is 31.2. The van der Waals surface area contributed by atoms with Crippen LogP contribution >= 0.6 is 17.2 Å². The van der Waals surface area contributed by atoms with Gasteiger partial charge in [-0.1, -0.05) is 91.9 Å². The highest BCUT2D eigenvalue weighted by Gasteiger charge is 2.17. The van der Waals surface area contributed by atoms with Gasteiger partial charge in [0.15, 0.2) is 0 Å². The molecule has 0 aromatic rings. The number of rotatable bonds is 20. The Hall–Kier alpha value is 0.660. The second-order valence-corrected chi connectivity index (χ2v) is 10.2. The van der Waals surface area contributed by atoms with Gasteiger partial charge in [0, 0.05) is 0 Å². The molecule has 0 rings (SSSR count). The van der Waals surface area contributed by atoms with Crippen LogP contribution in [0, 0.1) is 11.8 Å². The van der Waals surface area contributed by atoms with Gasteiger partial charge in [0.05, 0.1) is 13.2 Å². The van der Waals surface area contributed by atoms with Crippen LogP contribution < -0.4 is 0 Å². The first-order chi connectivity index (χ1) is 12.9. The van der Waals surface area contributed by atoms with Gasteiger partial charge in [0.1, 0.15) is 0 Å². The van der Waals surface area contributed by atoms with E-state index in [1.165, 1.54) is 51.4 Å². The van der Waals surface area contributed by atoms with Crippen LogP contribution in [0.5, 0.6) is 0 Å². The smallest absolute Gasteiger partial charge is 0.328 e. The predicted octanol–water partition coefficient (Wildman–Crippen LogP) is 7.47. The number of unbranched alkanes of at least 4 members (excludes halogenated alkanes) is 8. The molecule has 164 valence electrons. The first kappa shape index (κ1) is 27.7. The molecule has 2 N–H and O–H groups in total. The van der Waals surface area contributed by atoms with Gasteiger partial charge < -0.3 is 18.8 Å². The minimum atomic E-state index is -2.44. The molecule has 0 aliphatic heterocycles. The van der Waals surface area contributed by atoms with E-state index in [0.717, 1.165) is 37.5 Å². The Morgan fingerprint density at radius 2 is 0.963 bits per heavy atom. The first-order valence-electron chi connectivity index (χ1n) is 10.8. The van der Waals surface area contributed by atoms with Gasteiger partial charge >= 0.3 is 17.2 Å². The fourth-order valence-electron chi connectivity index (χ4n) is 2.79. The lowest BCUT2D eigenvalue weighted by molar-refractivity contribution is 0.192. The second kappa shape index (κ2) is 20.0. The maximum absolute atomic E-state index is 9.07. The fourth-order valence-corrected chi connectivity index (χ4v) is 4.28. The molecular formula is C20H44O5P2. The predicted molar refractivity (Wildman–Crippen MR) is 116 cm³/mol. The Balaban J connectivity index is 3.62. The number of hydrogen-bond acceptors (Lipinski definition) is 5. The quantitative estimate of drug-likeness (QED) is 0.156. The summed E-state index contributed by atoms with van der Waals surface area (Å²) in [6.45, 7) is 10.2. The lowest BCUT2D eigenvalue weighted by atomic mass is 10.0. The van der Waals surface area contributed by atoms with Crippen LogP contribution in [-0.4, -0.2) is 23.0 Å². The molecule has 0 bridgehead atoms. The maximum atomic E-state index is 9.07. The third-order valence-electron chi connectivity index (χ3n) is 4.38. The van der Waals surface area contributed by atoms with Crippen molar-refractivity contribution in [2.24, 2.45) is 11.8 Å². The minimum absolute atomic E-state index is 0.550. The van der Waals surface area contributed by atoms with Crippen LogP contribution in [-0.2, 0) is 13.4 Å². The molecule has 0 aliphatic rings. The Kier molecular flexibility index (Phi) is 20.4. The molecule has 0 heterocycles. The summed E-state index contributed by atoms with van der Waals surface area (Å²) in [5, 5.41) is 0. The second-order valence-electron chi connectivity index (χ2n) is 8.13. The van der Waals surface area contributed by atoms with Crippen LogP contribution in [0.3, 0.4) is 0 Å². The maximum Gasteiger partial charge on any atom is 0.339 e. The molecule has 0 saturated heterocycles. The monoisotopic (exact) mass is 426 g/mol. The van der Waals surface area contributed by atoms with E-state index in [1.807, 2.05) is 0 Å². The van der Waals surface area contributed by atoms with Gasteiger partial charge in [-0.3, -0.25) is 0 Å². The first-order valence-corrected chi connectivity index (χ1v) is 13.1. The van der Waals surface area contributed by atoms with Crippen molar-refractivity contribution in [2.75, 3.05) is 13.2 Å². The Morgan fingerprint density at radius 3 is 1.33 bits per heavy atom. The summed E-state index contributed by atoms with van der Waals surface area (Å²) in [5.74, 6) is 1.58. The molecule has 7 heteroatoms. The summed E-state index contributed by atoms with van der Waals surface area (Å²) < 4.78 is 16.2. The van der Waals surface area contributed by atoms with Crippen molar-refractivity contribution in [1.29, 1.82) is 0 Å². The lowest BCUT2D eigenvalue weighted by Crippen LogP contribution is -1.98. The highest BCUT2D eigenvalue weighted by Crippen LogP contribution is 2.50. The molecule has 0 radical (unpaired) electrons. The van der Waals surface area contributed by atoms with E-state index in [4.69, 9.17) is 23.1 Å². The van der Waals surface area contributed by atoms with Gasteiger partial charge in [0.2, 0.25) is 0 Å². The molecule has 0 unspecified atom stereocenters. The van der Waals surface area contributed by atoms with Crippen molar-refractivity contribution >= 4 is 17.2 Å². The van der Waals surface area contributed by atoms with Crippen LogP contribution in [0.1, 0.15) is 105 Å². The molecule has 0 fully saturated rings. The van der Waals surface area contributed by atoms with E-state index >= 15 is 0 Å². The molecule has 5 nitrogen and oxygen atoms in total. The average molecular weight is 427 g/mol. The van der Waals surface area contributed by atoms with Crippen LogP contribution in [0.25, 0.3) is 0 Å². The van der Waals surface area contributed by atoms with Crippen LogP contribution in [0.15, 0.2) is 0 Å². The van der Waals surface area contributed by atoms with E-state index < -0.39 is 17.2 Å². The van der Waals surface area contributed by atoms with Gasteiger partial charge in [-0.25, -0.2) is 4.31 Å². The SMILES string of the molecule is CC(C)CCCCCCCOP(OCCCCCCCC(C)C)OP(O)O. The summed E-state index contributed by atoms with van der Waals surface area (Å²) in [7, 11) is -4.08. The fraction of sp³-hybridized carbons (Fsp3) is 1.00. The van der Waals surface area contributed by atoms with E-state index in [2.05, 4.69) is 27.7 Å². The van der Waals surface area contributed by atoms with Crippen LogP contribution in [0.2, 0.25) is 0 Å². The molecule has 0 aliphatic carbocycles. The molecule has 0 aromatic heterocycles. The van der Waals surface area contributed by atoms with Crippen molar-refractivity contribution in [3.63, 3.8) is 0 Å². The molecule has 0 atom stereocenters. The topological polar surface area (TPSA) is 68.2 Å². The zero-order chi connectivity index (χ0) is 20.3. The van der Waals surface area contributed by atoms with Gasteiger partial charge in [0.25, 0.3) is 0 Å². The Bertz CT molecular complexity index is 280. The zero-order valence-electron chi connectivity index (χ0n) is 18.1. The van der Waals surface area contributed by atoms with E-state index in [9.17, 15) is 0 Å². The van der Waals surface area contributed by atoms with Crippen molar-refractivity contribution in [2.45, 2.75) is 105 Å². The summed E-state index contributed by atoms with van der Waals surface area (Å²) in [4.78, 5) is 18.1. The Morgan fingerprint density at radius 1 is 0.593 bits per heavy atom. The average Bonchev–Trinajstić information content (AvgIpc) is 2.58. The molecule has 0 amide bonds. The summed E-state index contributed by atoms with van der Waals surface area (Å²) in [6, 6.07) is 0. The minimum Gasteiger partial charge on any atom is -0.328 e. The van der Waals surface area contributed by atoms with Crippen LogP contribution in [0.4, 0.5) is 0 Å². The molecule has 0 aromatic carbocycles. The lowest BCUT2D eigenvalue weighted by Gasteiger charge is -2.16. The normalized spacial score (nSPS) is 12.2. The third kappa shape index (κ3) is 22.8. The summed E-state index contributed by atoms with van der Waals surface area (Å²) >= 11 is 0. The summed E-state index contributed by atoms with van der Waals surface area (Å²) in [5.41, 5.74) is 0. The van der Waals surface area contributed by atoms with Crippen molar-refractivity contribution in [1.82, 2.24) is 0 Å². The number of hydrogen-bond donors (Lipinski definition) is 2. The van der Waals surface area contributed by atoms with Crippen molar-refractivity contribution in [3.05, 3.63) is 0 Å². The molecular weight excluding hydrogens is 382 g/mol.